The zero-order valence-corrected chi connectivity index (χ0v) is 10.5. The molecule has 0 radical (unpaired) electrons. The molecule has 1 aromatic carbocycles. The second kappa shape index (κ2) is 5.00. The molecule has 0 aliphatic carbocycles. The zero-order chi connectivity index (χ0) is 14.8. The van der Waals surface area contributed by atoms with E-state index in [0.29, 0.717) is 5.56 Å². The van der Waals surface area contributed by atoms with E-state index in [-0.39, 0.29) is 28.8 Å². The Labute approximate surface area is 117 Å². The van der Waals surface area contributed by atoms with Crippen molar-refractivity contribution in [3.05, 3.63) is 52.7 Å². The molecule has 0 amide bonds. The van der Waals surface area contributed by atoms with Crippen LogP contribution < -0.4 is 0 Å². The first kappa shape index (κ1) is 12.7. The Hall–Kier alpha value is -3.29. The maximum atomic E-state index is 11.0. The van der Waals surface area contributed by atoms with Gasteiger partial charge in [0, 0.05) is 12.3 Å². The smallest absolute Gasteiger partial charge is 0.298 e. The van der Waals surface area contributed by atoms with Gasteiger partial charge in [0.25, 0.3) is 11.6 Å². The lowest BCUT2D eigenvalue weighted by atomic mass is 10.2. The zero-order valence-electron chi connectivity index (χ0n) is 10.5. The number of para-hydroxylation sites is 1. The fraction of sp³-hybridized carbons (Fsp3) is 0. The highest BCUT2D eigenvalue weighted by atomic mass is 16.6. The van der Waals surface area contributed by atoms with Gasteiger partial charge in [0.05, 0.1) is 10.5 Å². The molecule has 2 aromatic heterocycles. The largest absolute Gasteiger partial charge is 0.507 e. The molecule has 3 rings (SSSR count). The second-order valence-corrected chi connectivity index (χ2v) is 4.07. The lowest BCUT2D eigenvalue weighted by Crippen LogP contribution is -1.95. The maximum Gasteiger partial charge on any atom is 0.298 e. The van der Waals surface area contributed by atoms with Gasteiger partial charge < -0.3 is 9.63 Å². The summed E-state index contributed by atoms with van der Waals surface area (Å²) in [5.41, 5.74) is 0.130. The van der Waals surface area contributed by atoms with Crippen molar-refractivity contribution in [2.24, 2.45) is 0 Å². The summed E-state index contributed by atoms with van der Waals surface area (Å²) in [6, 6.07) is 9.17. The molecule has 1 N–H and O–H groups in total. The molecule has 0 bridgehead atoms. The number of aromatic hydroxyl groups is 1. The molecule has 0 unspecified atom stereocenters. The number of nitro groups is 1. The van der Waals surface area contributed by atoms with Crippen molar-refractivity contribution in [3.63, 3.8) is 0 Å². The van der Waals surface area contributed by atoms with Crippen LogP contribution in [-0.2, 0) is 0 Å². The molecule has 0 aliphatic rings. The van der Waals surface area contributed by atoms with Gasteiger partial charge in [-0.2, -0.15) is 4.98 Å². The summed E-state index contributed by atoms with van der Waals surface area (Å²) in [4.78, 5) is 18.4. The third-order valence-electron chi connectivity index (χ3n) is 2.76. The number of rotatable bonds is 3. The van der Waals surface area contributed by atoms with E-state index in [2.05, 4.69) is 15.1 Å². The van der Waals surface area contributed by atoms with Crippen LogP contribution in [-0.4, -0.2) is 25.2 Å². The Kier molecular flexibility index (Phi) is 3.03. The van der Waals surface area contributed by atoms with Crippen LogP contribution in [0.3, 0.4) is 0 Å². The molecule has 0 atom stereocenters. The number of phenols is 1. The number of hydrogen-bond acceptors (Lipinski definition) is 7. The van der Waals surface area contributed by atoms with Gasteiger partial charge >= 0.3 is 0 Å². The molecule has 3 aromatic rings. The summed E-state index contributed by atoms with van der Waals surface area (Å²) in [6.07, 6.45) is 1.40. The van der Waals surface area contributed by atoms with Crippen LogP contribution in [0.15, 0.2) is 47.1 Å². The first-order chi connectivity index (χ1) is 10.2. The molecule has 104 valence electrons. The highest BCUT2D eigenvalue weighted by Crippen LogP contribution is 2.30. The highest BCUT2D eigenvalue weighted by Gasteiger charge is 2.22. The van der Waals surface area contributed by atoms with Crippen molar-refractivity contribution in [2.45, 2.75) is 0 Å². The third-order valence-corrected chi connectivity index (χ3v) is 2.76. The summed E-state index contributed by atoms with van der Waals surface area (Å²) < 4.78 is 5.04. The number of aromatic nitrogens is 3. The van der Waals surface area contributed by atoms with Gasteiger partial charge in [0.15, 0.2) is 5.69 Å². The van der Waals surface area contributed by atoms with E-state index in [1.807, 2.05) is 0 Å². The van der Waals surface area contributed by atoms with Crippen LogP contribution in [0.5, 0.6) is 5.75 Å². The summed E-state index contributed by atoms with van der Waals surface area (Å²) >= 11 is 0. The van der Waals surface area contributed by atoms with Crippen LogP contribution in [0, 0.1) is 10.1 Å². The molecular formula is C13H8N4O4. The van der Waals surface area contributed by atoms with Crippen molar-refractivity contribution in [1.82, 2.24) is 15.1 Å². The first-order valence-electron chi connectivity index (χ1n) is 5.88. The Morgan fingerprint density at radius 2 is 2.00 bits per heavy atom. The Morgan fingerprint density at radius 3 is 2.76 bits per heavy atom. The highest BCUT2D eigenvalue weighted by molar-refractivity contribution is 5.67. The topological polar surface area (TPSA) is 115 Å². The van der Waals surface area contributed by atoms with Crippen LogP contribution in [0.25, 0.3) is 23.0 Å². The van der Waals surface area contributed by atoms with E-state index >= 15 is 0 Å². The second-order valence-electron chi connectivity index (χ2n) is 4.07. The third kappa shape index (κ3) is 2.29. The van der Waals surface area contributed by atoms with Crippen molar-refractivity contribution >= 4 is 5.69 Å². The molecule has 0 spiro atoms. The van der Waals surface area contributed by atoms with Crippen molar-refractivity contribution in [1.29, 1.82) is 0 Å². The van der Waals surface area contributed by atoms with Gasteiger partial charge in [0.1, 0.15) is 5.75 Å². The molecule has 2 heterocycles. The molecule has 0 aliphatic heterocycles. The molecule has 21 heavy (non-hydrogen) atoms. The lowest BCUT2D eigenvalue weighted by Gasteiger charge is -1.97. The quantitative estimate of drug-likeness (QED) is 0.579. The predicted octanol–water partition coefficient (Wildman–Crippen LogP) is 2.41. The van der Waals surface area contributed by atoms with E-state index in [9.17, 15) is 15.2 Å². The van der Waals surface area contributed by atoms with Gasteiger partial charge in [-0.3, -0.25) is 10.1 Å². The number of phenolic OH excluding ortho intramolecular Hbond substituents is 1. The Balaban J connectivity index is 2.08. The number of pyridine rings is 1. The summed E-state index contributed by atoms with van der Waals surface area (Å²) in [5, 5.41) is 24.4. The summed E-state index contributed by atoms with van der Waals surface area (Å²) in [5.74, 6) is 0.0202. The number of nitrogens with zero attached hydrogens (tertiary/aromatic N) is 4. The van der Waals surface area contributed by atoms with Crippen molar-refractivity contribution in [3.8, 4) is 28.7 Å². The maximum absolute atomic E-state index is 11.0. The Morgan fingerprint density at radius 1 is 1.19 bits per heavy atom. The van der Waals surface area contributed by atoms with Gasteiger partial charge in [-0.15, -0.1) is 0 Å². The van der Waals surface area contributed by atoms with E-state index in [1.165, 1.54) is 24.4 Å². The van der Waals surface area contributed by atoms with Crippen LogP contribution in [0.1, 0.15) is 0 Å². The van der Waals surface area contributed by atoms with Crippen LogP contribution >= 0.6 is 0 Å². The summed E-state index contributed by atoms with van der Waals surface area (Å²) in [6.45, 7) is 0. The first-order valence-corrected chi connectivity index (χ1v) is 5.88. The van der Waals surface area contributed by atoms with Gasteiger partial charge in [-0.1, -0.05) is 17.3 Å². The fourth-order valence-corrected chi connectivity index (χ4v) is 1.80. The van der Waals surface area contributed by atoms with Gasteiger partial charge in [0.2, 0.25) is 5.82 Å². The minimum atomic E-state index is -0.571. The van der Waals surface area contributed by atoms with Crippen LogP contribution in [0.4, 0.5) is 5.69 Å². The minimum Gasteiger partial charge on any atom is -0.507 e. The fourth-order valence-electron chi connectivity index (χ4n) is 1.80. The molecule has 8 nitrogen and oxygen atoms in total. The minimum absolute atomic E-state index is 0.00733. The average molecular weight is 284 g/mol. The average Bonchev–Trinajstić information content (AvgIpc) is 2.97. The van der Waals surface area contributed by atoms with E-state index in [4.69, 9.17) is 4.52 Å². The SMILES string of the molecule is O=[N+]([O-])c1cccnc1-c1noc(-c2ccccc2O)n1. The summed E-state index contributed by atoms with van der Waals surface area (Å²) in [7, 11) is 0. The molecule has 0 saturated heterocycles. The lowest BCUT2D eigenvalue weighted by molar-refractivity contribution is -0.384. The molecule has 0 fully saturated rings. The predicted molar refractivity (Wildman–Crippen MR) is 71.3 cm³/mol. The van der Waals surface area contributed by atoms with Crippen molar-refractivity contribution in [2.75, 3.05) is 0 Å². The van der Waals surface area contributed by atoms with Crippen molar-refractivity contribution < 1.29 is 14.6 Å². The standard InChI is InChI=1S/C13H8N4O4/c18-10-6-2-1-4-8(10)13-15-12(16-21-13)11-9(17(19)20)5-3-7-14-11/h1-7,18H. The van der Waals surface area contributed by atoms with E-state index in [1.54, 1.807) is 18.2 Å². The molecular weight excluding hydrogens is 276 g/mol. The normalized spacial score (nSPS) is 10.5. The van der Waals surface area contributed by atoms with Gasteiger partial charge in [-0.05, 0) is 18.2 Å². The van der Waals surface area contributed by atoms with Crippen LogP contribution in [0.2, 0.25) is 0 Å². The number of hydrogen-bond donors (Lipinski definition) is 1. The molecule has 8 heteroatoms. The Bertz CT molecular complexity index is 815. The number of benzene rings is 1. The molecule has 0 saturated carbocycles. The van der Waals surface area contributed by atoms with E-state index in [0.717, 1.165) is 0 Å². The van der Waals surface area contributed by atoms with E-state index < -0.39 is 4.92 Å². The van der Waals surface area contributed by atoms with Gasteiger partial charge in [-0.25, -0.2) is 4.98 Å². The monoisotopic (exact) mass is 284 g/mol.